The van der Waals surface area contributed by atoms with Gasteiger partial charge < -0.3 is 24.6 Å². The summed E-state index contributed by atoms with van der Waals surface area (Å²) in [5, 5.41) is 12.0. The second kappa shape index (κ2) is 10.4. The van der Waals surface area contributed by atoms with E-state index in [-0.39, 0.29) is 25.2 Å². The molecule has 33 heavy (non-hydrogen) atoms. The van der Waals surface area contributed by atoms with Gasteiger partial charge in [-0.25, -0.2) is 10.3 Å². The van der Waals surface area contributed by atoms with Gasteiger partial charge in [0, 0.05) is 31.9 Å². The van der Waals surface area contributed by atoms with Crippen LogP contribution in [0, 0.1) is 5.92 Å². The average Bonchev–Trinajstić information content (AvgIpc) is 3.28. The fourth-order valence-corrected chi connectivity index (χ4v) is 4.96. The summed E-state index contributed by atoms with van der Waals surface area (Å²) < 4.78 is 11.0. The van der Waals surface area contributed by atoms with Crippen LogP contribution < -0.4 is 15.7 Å². The number of anilines is 1. The van der Waals surface area contributed by atoms with E-state index in [1.807, 2.05) is 30.3 Å². The van der Waals surface area contributed by atoms with E-state index < -0.39 is 23.5 Å². The second-order valence-electron chi connectivity index (χ2n) is 8.92. The number of amides is 3. The number of hydrogen-bond donors (Lipinski definition) is 3. The number of piperazine rings is 1. The smallest absolute Gasteiger partial charge is 0.408 e. The number of benzene rings is 1. The molecule has 3 aliphatic rings. The second-order valence-corrected chi connectivity index (χ2v) is 8.92. The van der Waals surface area contributed by atoms with E-state index in [2.05, 4.69) is 10.2 Å². The van der Waals surface area contributed by atoms with Crippen LogP contribution in [0.3, 0.4) is 0 Å². The summed E-state index contributed by atoms with van der Waals surface area (Å²) in [7, 11) is 0. The van der Waals surface area contributed by atoms with E-state index in [9.17, 15) is 19.6 Å². The molecule has 10 heteroatoms. The number of hydrogen-bond acceptors (Lipinski definition) is 7. The number of nitrogens with one attached hydrogen (secondary N) is 2. The molecule has 0 spiro atoms. The highest BCUT2D eigenvalue weighted by molar-refractivity contribution is 5.96. The summed E-state index contributed by atoms with van der Waals surface area (Å²) >= 11 is 0. The number of nitrogens with zero attached hydrogens (tertiary/aromatic N) is 2. The predicted octanol–water partition coefficient (Wildman–Crippen LogP) is 1.28. The number of hydroxylamine groups is 1. The molecular formula is C23H32N4O6. The van der Waals surface area contributed by atoms with Crippen molar-refractivity contribution >= 4 is 23.6 Å². The third-order valence-corrected chi connectivity index (χ3v) is 6.88. The van der Waals surface area contributed by atoms with Crippen molar-refractivity contribution in [2.75, 3.05) is 44.3 Å². The molecule has 2 heterocycles. The lowest BCUT2D eigenvalue weighted by atomic mass is 9.85. The standard InChI is InChI=1S/C23H32N4O6/c28-20(27-13-11-26(12-14-27)17-7-3-1-4-8-17)19-15-32-16-23(19,21(29)25-31)24-22(30)33-18-9-5-2-6-10-18/h1,3-4,7-8,18-19,31H,2,5-6,9-16H2,(H,24,30)(H,25,29). The summed E-state index contributed by atoms with van der Waals surface area (Å²) in [6.45, 7) is 2.01. The van der Waals surface area contributed by atoms with E-state index in [0.29, 0.717) is 26.2 Å². The van der Waals surface area contributed by atoms with Crippen molar-refractivity contribution in [1.29, 1.82) is 0 Å². The van der Waals surface area contributed by atoms with Crippen LogP contribution in [0.15, 0.2) is 30.3 Å². The Hall–Kier alpha value is -2.85. The molecule has 3 amide bonds. The van der Waals surface area contributed by atoms with Crippen molar-refractivity contribution < 1.29 is 29.1 Å². The van der Waals surface area contributed by atoms with Gasteiger partial charge in [-0.1, -0.05) is 24.6 Å². The number of ether oxygens (including phenoxy) is 2. The molecule has 1 aliphatic carbocycles. The Bertz CT molecular complexity index is 839. The zero-order valence-corrected chi connectivity index (χ0v) is 18.7. The molecule has 10 nitrogen and oxygen atoms in total. The van der Waals surface area contributed by atoms with Crippen LogP contribution in [0.1, 0.15) is 32.1 Å². The lowest BCUT2D eigenvalue weighted by Gasteiger charge is -2.39. The van der Waals surface area contributed by atoms with Crippen LogP contribution in [0.5, 0.6) is 0 Å². The molecule has 180 valence electrons. The molecule has 2 saturated heterocycles. The largest absolute Gasteiger partial charge is 0.446 e. The maximum atomic E-state index is 13.4. The lowest BCUT2D eigenvalue weighted by molar-refractivity contribution is -0.146. The van der Waals surface area contributed by atoms with Crippen LogP contribution in [-0.2, 0) is 19.1 Å². The van der Waals surface area contributed by atoms with Crippen LogP contribution >= 0.6 is 0 Å². The normalized spacial score (nSPS) is 26.0. The first kappa shape index (κ1) is 23.3. The minimum absolute atomic E-state index is 0.0329. The van der Waals surface area contributed by atoms with Gasteiger partial charge in [0.2, 0.25) is 5.91 Å². The lowest BCUT2D eigenvalue weighted by Crippen LogP contribution is -2.66. The molecule has 2 aliphatic heterocycles. The van der Waals surface area contributed by atoms with E-state index >= 15 is 0 Å². The fourth-order valence-electron chi connectivity index (χ4n) is 4.96. The minimum atomic E-state index is -1.73. The van der Waals surface area contributed by atoms with Crippen molar-refractivity contribution in [2.24, 2.45) is 5.92 Å². The van der Waals surface area contributed by atoms with Crippen molar-refractivity contribution in [3.63, 3.8) is 0 Å². The maximum absolute atomic E-state index is 13.4. The van der Waals surface area contributed by atoms with Crippen molar-refractivity contribution in [3.8, 4) is 0 Å². The first-order valence-corrected chi connectivity index (χ1v) is 11.6. The van der Waals surface area contributed by atoms with E-state index in [1.54, 1.807) is 10.4 Å². The average molecular weight is 461 g/mol. The third-order valence-electron chi connectivity index (χ3n) is 6.88. The first-order valence-electron chi connectivity index (χ1n) is 11.6. The van der Waals surface area contributed by atoms with Gasteiger partial charge >= 0.3 is 6.09 Å². The Labute approximate surface area is 193 Å². The van der Waals surface area contributed by atoms with Crippen molar-refractivity contribution in [1.82, 2.24) is 15.7 Å². The summed E-state index contributed by atoms with van der Waals surface area (Å²) in [5.41, 5.74) is 0.969. The Morgan fingerprint density at radius 2 is 1.73 bits per heavy atom. The van der Waals surface area contributed by atoms with Crippen molar-refractivity contribution in [2.45, 2.75) is 43.7 Å². The minimum Gasteiger partial charge on any atom is -0.446 e. The maximum Gasteiger partial charge on any atom is 0.408 e. The van der Waals surface area contributed by atoms with Crippen LogP contribution in [0.25, 0.3) is 0 Å². The van der Waals surface area contributed by atoms with E-state index in [4.69, 9.17) is 9.47 Å². The molecule has 0 aromatic heterocycles. The van der Waals surface area contributed by atoms with Gasteiger partial charge in [-0.05, 0) is 37.8 Å². The van der Waals surface area contributed by atoms with Gasteiger partial charge in [-0.15, -0.1) is 0 Å². The SMILES string of the molecule is O=C(NC1(C(=O)NO)COCC1C(=O)N1CCN(c2ccccc2)CC1)OC1CCCCC1. The van der Waals surface area contributed by atoms with Gasteiger partial charge in [0.05, 0.1) is 19.1 Å². The summed E-state index contributed by atoms with van der Waals surface area (Å²) in [6, 6.07) is 9.97. The van der Waals surface area contributed by atoms with E-state index in [1.165, 1.54) is 0 Å². The summed E-state index contributed by atoms with van der Waals surface area (Å²) in [6.07, 6.45) is 3.64. The summed E-state index contributed by atoms with van der Waals surface area (Å²) in [5.74, 6) is -2.14. The Morgan fingerprint density at radius 3 is 2.39 bits per heavy atom. The fraction of sp³-hybridized carbons (Fsp3) is 0.609. The Morgan fingerprint density at radius 1 is 1.03 bits per heavy atom. The van der Waals surface area contributed by atoms with Gasteiger partial charge in [-0.2, -0.15) is 0 Å². The van der Waals surface area contributed by atoms with Gasteiger partial charge in [0.1, 0.15) is 6.10 Å². The highest BCUT2D eigenvalue weighted by Gasteiger charge is 2.56. The molecular weight excluding hydrogens is 428 g/mol. The number of carbonyl (C=O) groups excluding carboxylic acids is 3. The van der Waals surface area contributed by atoms with Crippen LogP contribution in [-0.4, -0.2) is 79.1 Å². The molecule has 2 unspecified atom stereocenters. The number of alkyl carbamates (subject to hydrolysis) is 1. The number of rotatable bonds is 5. The Balaban J connectivity index is 1.42. The van der Waals surface area contributed by atoms with Gasteiger partial charge in [0.25, 0.3) is 5.91 Å². The molecule has 0 radical (unpaired) electrons. The summed E-state index contributed by atoms with van der Waals surface area (Å²) in [4.78, 5) is 42.7. The van der Waals surface area contributed by atoms with E-state index in [0.717, 1.165) is 37.8 Å². The molecule has 4 rings (SSSR count). The molecule has 1 aromatic carbocycles. The molecule has 3 fully saturated rings. The van der Waals surface area contributed by atoms with Crippen LogP contribution in [0.2, 0.25) is 0 Å². The third kappa shape index (κ3) is 5.06. The topological polar surface area (TPSA) is 120 Å². The molecule has 3 N–H and O–H groups in total. The number of carbonyl (C=O) groups is 3. The first-order chi connectivity index (χ1) is 16.0. The highest BCUT2D eigenvalue weighted by Crippen LogP contribution is 2.30. The zero-order valence-electron chi connectivity index (χ0n) is 18.7. The number of para-hydroxylation sites is 1. The molecule has 1 saturated carbocycles. The molecule has 2 atom stereocenters. The molecule has 1 aromatic rings. The van der Waals surface area contributed by atoms with Crippen LogP contribution in [0.4, 0.5) is 10.5 Å². The highest BCUT2D eigenvalue weighted by atomic mass is 16.6. The zero-order chi connectivity index (χ0) is 23.3. The van der Waals surface area contributed by atoms with Gasteiger partial charge in [-0.3, -0.25) is 14.8 Å². The quantitative estimate of drug-likeness (QED) is 0.447. The molecule has 0 bridgehead atoms. The monoisotopic (exact) mass is 460 g/mol. The Kier molecular flexibility index (Phi) is 7.34. The van der Waals surface area contributed by atoms with Gasteiger partial charge in [0.15, 0.2) is 5.54 Å². The van der Waals surface area contributed by atoms with Crippen molar-refractivity contribution in [3.05, 3.63) is 30.3 Å². The predicted molar refractivity (Wildman–Crippen MR) is 119 cm³/mol.